The van der Waals surface area contributed by atoms with E-state index in [1.165, 1.54) is 44.1 Å². The Bertz CT molecular complexity index is 1230. The maximum absolute atomic E-state index is 13.2. The molecular formula is C28H32N2O3S. The predicted molar refractivity (Wildman–Crippen MR) is 132 cm³/mol. The van der Waals surface area contributed by atoms with E-state index in [9.17, 15) is 13.2 Å². The number of fused-ring (bicyclic) bond motifs is 1. The second-order valence-electron chi connectivity index (χ2n) is 11.7. The van der Waals surface area contributed by atoms with E-state index in [0.717, 1.165) is 41.8 Å². The van der Waals surface area contributed by atoms with Crippen LogP contribution in [0.15, 0.2) is 47.4 Å². The number of carbonyl (C=O) groups excluding carboxylic acids is 1. The summed E-state index contributed by atoms with van der Waals surface area (Å²) in [4.78, 5) is 14.6. The Balaban J connectivity index is 1.09. The molecule has 1 aliphatic heterocycles. The lowest BCUT2D eigenvalue weighted by molar-refractivity contribution is -0.119. The molecule has 6 heteroatoms. The minimum Gasteiger partial charge on any atom is -0.312 e. The third-order valence-electron chi connectivity index (χ3n) is 9.24. The molecule has 0 unspecified atom stereocenters. The molecule has 8 rings (SSSR count). The van der Waals surface area contributed by atoms with Crippen LogP contribution in [-0.2, 0) is 26.7 Å². The highest BCUT2D eigenvalue weighted by Crippen LogP contribution is 2.60. The van der Waals surface area contributed by atoms with E-state index in [0.29, 0.717) is 24.1 Å². The number of nitrogens with one attached hydrogen (secondary N) is 1. The van der Waals surface area contributed by atoms with Crippen LogP contribution in [-0.4, -0.2) is 20.9 Å². The van der Waals surface area contributed by atoms with Crippen molar-refractivity contribution >= 4 is 27.3 Å². The van der Waals surface area contributed by atoms with Crippen molar-refractivity contribution in [3.8, 4) is 0 Å². The first kappa shape index (κ1) is 21.0. The van der Waals surface area contributed by atoms with Crippen molar-refractivity contribution in [2.75, 3.05) is 16.2 Å². The molecule has 0 spiro atoms. The maximum atomic E-state index is 13.2. The Kier molecular flexibility index (Phi) is 4.52. The Morgan fingerprint density at radius 2 is 1.56 bits per heavy atom. The fourth-order valence-corrected chi connectivity index (χ4v) is 9.00. The average Bonchev–Trinajstić information content (AvgIpc) is 3.57. The Labute approximate surface area is 202 Å². The zero-order valence-electron chi connectivity index (χ0n) is 19.5. The van der Waals surface area contributed by atoms with E-state index in [-0.39, 0.29) is 16.7 Å². The second-order valence-corrected chi connectivity index (χ2v) is 13.4. The van der Waals surface area contributed by atoms with E-state index in [4.69, 9.17) is 0 Å². The van der Waals surface area contributed by atoms with Crippen molar-refractivity contribution in [2.45, 2.75) is 68.1 Å². The van der Waals surface area contributed by atoms with Gasteiger partial charge in [-0.1, -0.05) is 12.1 Å². The number of carbonyl (C=O) groups is 1. The summed E-state index contributed by atoms with van der Waals surface area (Å²) in [6.45, 7) is 0.646. The Morgan fingerprint density at radius 3 is 2.18 bits per heavy atom. The molecule has 0 radical (unpaired) electrons. The fraction of sp³-hybridized carbons (Fsp3) is 0.536. The van der Waals surface area contributed by atoms with Gasteiger partial charge in [0.15, 0.2) is 0 Å². The third-order valence-corrected chi connectivity index (χ3v) is 10.6. The number of hydrogen-bond donors (Lipinski definition) is 1. The molecule has 5 saturated carbocycles. The molecule has 2 aromatic rings. The zero-order chi connectivity index (χ0) is 23.1. The van der Waals surface area contributed by atoms with Gasteiger partial charge >= 0.3 is 0 Å². The fourth-order valence-electron chi connectivity index (χ4n) is 7.89. The lowest BCUT2D eigenvalue weighted by atomic mass is 9.48. The van der Waals surface area contributed by atoms with Crippen LogP contribution < -0.4 is 9.62 Å². The lowest BCUT2D eigenvalue weighted by Gasteiger charge is -2.57. The van der Waals surface area contributed by atoms with Gasteiger partial charge in [-0.15, -0.1) is 0 Å². The minimum atomic E-state index is -3.69. The molecule has 178 valence electrons. The lowest BCUT2D eigenvalue weighted by Crippen LogP contribution is -2.48. The van der Waals surface area contributed by atoms with Gasteiger partial charge in [0.2, 0.25) is 5.91 Å². The first-order valence-electron chi connectivity index (χ1n) is 13.0. The van der Waals surface area contributed by atoms with Crippen LogP contribution in [0.2, 0.25) is 0 Å². The van der Waals surface area contributed by atoms with E-state index in [1.807, 2.05) is 17.0 Å². The van der Waals surface area contributed by atoms with Crippen LogP contribution in [0.4, 0.5) is 11.4 Å². The number of nitrogens with zero attached hydrogens (tertiary/aromatic N) is 1. The van der Waals surface area contributed by atoms with E-state index in [2.05, 4.69) is 16.9 Å². The largest absolute Gasteiger partial charge is 0.312 e. The van der Waals surface area contributed by atoms with Crippen LogP contribution in [0.5, 0.6) is 0 Å². The van der Waals surface area contributed by atoms with E-state index >= 15 is 0 Å². The highest BCUT2D eigenvalue weighted by atomic mass is 32.2. The summed E-state index contributed by atoms with van der Waals surface area (Å²) >= 11 is 0. The number of hydrogen-bond acceptors (Lipinski definition) is 3. The van der Waals surface area contributed by atoms with Crippen molar-refractivity contribution in [3.05, 3.63) is 53.6 Å². The monoisotopic (exact) mass is 476 g/mol. The van der Waals surface area contributed by atoms with Gasteiger partial charge in [0.25, 0.3) is 10.0 Å². The van der Waals surface area contributed by atoms with Crippen molar-refractivity contribution in [1.29, 1.82) is 0 Å². The molecule has 5 nitrogen and oxygen atoms in total. The zero-order valence-corrected chi connectivity index (χ0v) is 20.3. The molecule has 1 amide bonds. The van der Waals surface area contributed by atoms with Crippen LogP contribution in [0.3, 0.4) is 0 Å². The second kappa shape index (κ2) is 7.33. The molecule has 5 fully saturated rings. The van der Waals surface area contributed by atoms with E-state index in [1.54, 1.807) is 18.2 Å². The highest BCUT2D eigenvalue weighted by molar-refractivity contribution is 7.92. The topological polar surface area (TPSA) is 66.5 Å². The molecule has 6 aliphatic rings. The van der Waals surface area contributed by atoms with Gasteiger partial charge in [0.05, 0.1) is 4.90 Å². The molecular weight excluding hydrogens is 444 g/mol. The predicted octanol–water partition coefficient (Wildman–Crippen LogP) is 5.25. The Hall–Kier alpha value is -2.34. The molecule has 0 saturated heterocycles. The maximum Gasteiger partial charge on any atom is 0.261 e. The van der Waals surface area contributed by atoms with Crippen molar-refractivity contribution in [3.63, 3.8) is 0 Å². The number of rotatable bonds is 5. The quantitative estimate of drug-likeness (QED) is 0.641. The first-order chi connectivity index (χ1) is 16.4. The summed E-state index contributed by atoms with van der Waals surface area (Å²) in [5.74, 6) is 3.02. The van der Waals surface area contributed by atoms with Gasteiger partial charge in [0, 0.05) is 23.8 Å². The van der Waals surface area contributed by atoms with Crippen LogP contribution >= 0.6 is 0 Å². The van der Waals surface area contributed by atoms with Crippen molar-refractivity contribution in [2.24, 2.45) is 23.7 Å². The van der Waals surface area contributed by atoms with Gasteiger partial charge in [-0.2, -0.15) is 0 Å². The summed E-state index contributed by atoms with van der Waals surface area (Å²) in [6, 6.07) is 13.4. The van der Waals surface area contributed by atoms with Gasteiger partial charge in [-0.05, 0) is 122 Å². The van der Waals surface area contributed by atoms with E-state index < -0.39 is 10.0 Å². The van der Waals surface area contributed by atoms with Gasteiger partial charge in [0.1, 0.15) is 0 Å². The summed E-state index contributed by atoms with van der Waals surface area (Å²) in [5, 5.41) is 0. The number of benzene rings is 2. The molecule has 0 aromatic heterocycles. The SMILES string of the molecule is O=C(C1CC1)N1CCc2cc(S(=O)(=O)Nc3ccc(C45CC6CC(CC(C6)C4)C5)cc3)ccc21. The van der Waals surface area contributed by atoms with Crippen LogP contribution in [0.1, 0.15) is 62.5 Å². The normalized spacial score (nSPS) is 31.5. The average molecular weight is 477 g/mol. The summed E-state index contributed by atoms with van der Waals surface area (Å²) in [5.41, 5.74) is 4.13. The minimum absolute atomic E-state index is 0.164. The number of anilines is 2. The summed E-state index contributed by atoms with van der Waals surface area (Å²) in [7, 11) is -3.69. The van der Waals surface area contributed by atoms with Crippen molar-refractivity contribution in [1.82, 2.24) is 0 Å². The molecule has 34 heavy (non-hydrogen) atoms. The Morgan fingerprint density at radius 1 is 0.912 bits per heavy atom. The number of amides is 1. The smallest absolute Gasteiger partial charge is 0.261 e. The molecule has 4 bridgehead atoms. The van der Waals surface area contributed by atoms with Crippen LogP contribution in [0.25, 0.3) is 0 Å². The molecule has 5 aliphatic carbocycles. The standard InChI is InChI=1S/C28H32N2O3S/c31-27(21-1-2-21)30-10-9-22-14-25(7-8-26(22)30)34(32,33)29-24-5-3-23(4-6-24)28-15-18-11-19(16-28)13-20(12-18)17-28/h3-8,14,18-21,29H,1-2,9-13,15-17H2. The molecule has 1 N–H and O–H groups in total. The summed E-state index contributed by atoms with van der Waals surface area (Å²) < 4.78 is 29.1. The molecule has 0 atom stereocenters. The molecule has 1 heterocycles. The first-order valence-corrected chi connectivity index (χ1v) is 14.4. The van der Waals surface area contributed by atoms with Gasteiger partial charge < -0.3 is 4.90 Å². The van der Waals surface area contributed by atoms with Gasteiger partial charge in [-0.25, -0.2) is 8.42 Å². The third kappa shape index (κ3) is 3.40. The highest BCUT2D eigenvalue weighted by Gasteiger charge is 2.51. The van der Waals surface area contributed by atoms with Crippen molar-refractivity contribution < 1.29 is 13.2 Å². The number of sulfonamides is 1. The summed E-state index contributed by atoms with van der Waals surface area (Å²) in [6.07, 6.45) is 10.8. The van der Waals surface area contributed by atoms with Crippen LogP contribution in [0, 0.1) is 23.7 Å². The van der Waals surface area contributed by atoms with Gasteiger partial charge in [-0.3, -0.25) is 9.52 Å². The molecule has 2 aromatic carbocycles.